The molecule has 0 aliphatic heterocycles. The molecule has 0 bridgehead atoms. The molecule has 0 aliphatic rings. The second kappa shape index (κ2) is 11.2. The maximum absolute atomic E-state index is 5.84. The van der Waals surface area contributed by atoms with Crippen LogP contribution in [-0.4, -0.2) is 37.7 Å². The third-order valence-electron chi connectivity index (χ3n) is 3.19. The quantitative estimate of drug-likeness (QED) is 0.500. The van der Waals surface area contributed by atoms with Gasteiger partial charge in [-0.15, -0.1) is 6.42 Å². The number of hydrogen-bond acceptors (Lipinski definition) is 3. The molecule has 1 N–H and O–H groups in total. The highest BCUT2D eigenvalue weighted by Gasteiger charge is 2.02. The molecule has 0 amide bonds. The van der Waals surface area contributed by atoms with Gasteiger partial charge < -0.3 is 10.1 Å². The maximum atomic E-state index is 5.84. The van der Waals surface area contributed by atoms with E-state index in [-0.39, 0.29) is 0 Å². The molecule has 0 unspecified atom stereocenters. The van der Waals surface area contributed by atoms with Gasteiger partial charge in [0.2, 0.25) is 0 Å². The van der Waals surface area contributed by atoms with Crippen LogP contribution in [0.3, 0.4) is 0 Å². The molecule has 1 rings (SSSR count). The van der Waals surface area contributed by atoms with Crippen LogP contribution in [0.25, 0.3) is 0 Å². The zero-order chi connectivity index (χ0) is 15.3. The first-order chi connectivity index (χ1) is 10.3. The van der Waals surface area contributed by atoms with Gasteiger partial charge in [-0.1, -0.05) is 31.9 Å². The number of nitrogens with one attached hydrogen (secondary N) is 1. The number of terminal acetylenes is 1. The fraction of sp³-hybridized carbons (Fsp3) is 0.556. The second-order valence-electron chi connectivity index (χ2n) is 5.15. The molecule has 0 aromatic heterocycles. The molecular weight excluding hydrogens is 260 g/mol. The summed E-state index contributed by atoms with van der Waals surface area (Å²) < 4.78 is 5.84. The topological polar surface area (TPSA) is 24.5 Å². The smallest absolute Gasteiger partial charge is 0.119 e. The van der Waals surface area contributed by atoms with Gasteiger partial charge in [-0.3, -0.25) is 4.90 Å². The lowest BCUT2D eigenvalue weighted by atomic mass is 10.2. The summed E-state index contributed by atoms with van der Waals surface area (Å²) >= 11 is 0. The molecule has 0 aliphatic carbocycles. The Hall–Kier alpha value is -1.50. The Morgan fingerprint density at radius 1 is 1.24 bits per heavy atom. The van der Waals surface area contributed by atoms with E-state index in [4.69, 9.17) is 11.2 Å². The molecule has 3 nitrogen and oxygen atoms in total. The standard InChI is InChI=1S/C18H28N2O/c1-4-10-19-16-17-8-7-9-18(15-17)21-14-13-20(11-5-2)12-6-3/h2,7-9,15,19H,4,6,10-14,16H2,1,3H3. The fourth-order valence-electron chi connectivity index (χ4n) is 2.16. The Kier molecular flexibility index (Phi) is 9.35. The van der Waals surface area contributed by atoms with E-state index in [0.717, 1.165) is 44.8 Å². The largest absolute Gasteiger partial charge is 0.492 e. The Balaban J connectivity index is 2.37. The van der Waals surface area contributed by atoms with E-state index in [1.807, 2.05) is 12.1 Å². The summed E-state index contributed by atoms with van der Waals surface area (Å²) in [5, 5.41) is 3.40. The molecule has 1 aromatic rings. The van der Waals surface area contributed by atoms with Crippen LogP contribution >= 0.6 is 0 Å². The van der Waals surface area contributed by atoms with E-state index in [1.165, 1.54) is 5.56 Å². The molecule has 0 saturated carbocycles. The predicted octanol–water partition coefficient (Wildman–Crippen LogP) is 2.91. The van der Waals surface area contributed by atoms with Crippen molar-refractivity contribution in [3.05, 3.63) is 29.8 Å². The van der Waals surface area contributed by atoms with Gasteiger partial charge in [0, 0.05) is 13.1 Å². The van der Waals surface area contributed by atoms with Crippen LogP contribution in [0.4, 0.5) is 0 Å². The van der Waals surface area contributed by atoms with Crippen LogP contribution in [0, 0.1) is 12.3 Å². The number of benzene rings is 1. The Bertz CT molecular complexity index is 425. The van der Waals surface area contributed by atoms with Gasteiger partial charge in [0.25, 0.3) is 0 Å². The lowest BCUT2D eigenvalue weighted by Gasteiger charge is -2.19. The molecule has 0 spiro atoms. The van der Waals surface area contributed by atoms with Crippen molar-refractivity contribution in [3.63, 3.8) is 0 Å². The first-order valence-electron chi connectivity index (χ1n) is 7.88. The Labute approximate surface area is 129 Å². The van der Waals surface area contributed by atoms with Gasteiger partial charge in [-0.2, -0.15) is 0 Å². The van der Waals surface area contributed by atoms with Crippen LogP contribution in [-0.2, 0) is 6.54 Å². The van der Waals surface area contributed by atoms with E-state index in [1.54, 1.807) is 0 Å². The molecule has 21 heavy (non-hydrogen) atoms. The van der Waals surface area contributed by atoms with Crippen molar-refractivity contribution >= 4 is 0 Å². The monoisotopic (exact) mass is 288 g/mol. The lowest BCUT2D eigenvalue weighted by molar-refractivity contribution is 0.225. The van der Waals surface area contributed by atoms with Crippen molar-refractivity contribution < 1.29 is 4.74 Å². The fourth-order valence-corrected chi connectivity index (χ4v) is 2.16. The third-order valence-corrected chi connectivity index (χ3v) is 3.19. The van der Waals surface area contributed by atoms with E-state index < -0.39 is 0 Å². The summed E-state index contributed by atoms with van der Waals surface area (Å²) in [4.78, 5) is 2.24. The van der Waals surface area contributed by atoms with E-state index in [0.29, 0.717) is 13.2 Å². The molecular formula is C18H28N2O. The summed E-state index contributed by atoms with van der Waals surface area (Å²) in [6.45, 7) is 9.53. The van der Waals surface area contributed by atoms with Crippen LogP contribution in [0.5, 0.6) is 5.75 Å². The average molecular weight is 288 g/mol. The highest BCUT2D eigenvalue weighted by atomic mass is 16.5. The zero-order valence-electron chi connectivity index (χ0n) is 13.4. The molecule has 0 radical (unpaired) electrons. The number of nitrogens with zero attached hydrogens (tertiary/aromatic N) is 1. The van der Waals surface area contributed by atoms with E-state index in [9.17, 15) is 0 Å². The molecule has 0 fully saturated rings. The molecule has 0 heterocycles. The second-order valence-corrected chi connectivity index (χ2v) is 5.15. The molecule has 0 atom stereocenters. The van der Waals surface area contributed by atoms with Gasteiger partial charge in [0.05, 0.1) is 6.54 Å². The van der Waals surface area contributed by atoms with Gasteiger partial charge in [0.15, 0.2) is 0 Å². The summed E-state index contributed by atoms with van der Waals surface area (Å²) in [5.74, 6) is 3.63. The maximum Gasteiger partial charge on any atom is 0.119 e. The number of hydrogen-bond donors (Lipinski definition) is 1. The van der Waals surface area contributed by atoms with Crippen LogP contribution < -0.4 is 10.1 Å². The molecule has 0 saturated heterocycles. The SMILES string of the molecule is C#CCN(CCC)CCOc1cccc(CNCCC)c1. The predicted molar refractivity (Wildman–Crippen MR) is 89.5 cm³/mol. The Morgan fingerprint density at radius 2 is 2.10 bits per heavy atom. The van der Waals surface area contributed by atoms with Gasteiger partial charge in [-0.05, 0) is 43.6 Å². The Morgan fingerprint density at radius 3 is 2.81 bits per heavy atom. The molecule has 3 heteroatoms. The summed E-state index contributed by atoms with van der Waals surface area (Å²) in [6.07, 6.45) is 7.64. The van der Waals surface area contributed by atoms with Crippen molar-refractivity contribution in [1.82, 2.24) is 10.2 Å². The highest BCUT2D eigenvalue weighted by molar-refractivity contribution is 5.28. The highest BCUT2D eigenvalue weighted by Crippen LogP contribution is 2.13. The minimum absolute atomic E-state index is 0.674. The summed E-state index contributed by atoms with van der Waals surface area (Å²) in [5.41, 5.74) is 1.26. The van der Waals surface area contributed by atoms with E-state index >= 15 is 0 Å². The minimum Gasteiger partial charge on any atom is -0.492 e. The lowest BCUT2D eigenvalue weighted by Crippen LogP contribution is -2.29. The van der Waals surface area contributed by atoms with Crippen molar-refractivity contribution in [3.8, 4) is 18.1 Å². The molecule has 1 aromatic carbocycles. The summed E-state index contributed by atoms with van der Waals surface area (Å²) in [7, 11) is 0. The van der Waals surface area contributed by atoms with Gasteiger partial charge in [0.1, 0.15) is 12.4 Å². The number of ether oxygens (including phenoxy) is 1. The first-order valence-corrected chi connectivity index (χ1v) is 7.88. The van der Waals surface area contributed by atoms with Crippen molar-refractivity contribution in [2.75, 3.05) is 32.8 Å². The van der Waals surface area contributed by atoms with Crippen LogP contribution in [0.1, 0.15) is 32.3 Å². The van der Waals surface area contributed by atoms with Gasteiger partial charge >= 0.3 is 0 Å². The van der Waals surface area contributed by atoms with Crippen LogP contribution in [0.15, 0.2) is 24.3 Å². The minimum atomic E-state index is 0.674. The normalized spacial score (nSPS) is 10.6. The first kappa shape index (κ1) is 17.6. The van der Waals surface area contributed by atoms with Crippen molar-refractivity contribution in [1.29, 1.82) is 0 Å². The average Bonchev–Trinajstić information content (AvgIpc) is 2.48. The zero-order valence-corrected chi connectivity index (χ0v) is 13.4. The van der Waals surface area contributed by atoms with Crippen molar-refractivity contribution in [2.45, 2.75) is 33.2 Å². The number of rotatable bonds is 11. The van der Waals surface area contributed by atoms with Crippen molar-refractivity contribution in [2.24, 2.45) is 0 Å². The van der Waals surface area contributed by atoms with E-state index in [2.05, 4.69) is 42.1 Å². The molecule has 116 valence electrons. The van der Waals surface area contributed by atoms with Gasteiger partial charge in [-0.25, -0.2) is 0 Å². The van der Waals surface area contributed by atoms with Crippen LogP contribution in [0.2, 0.25) is 0 Å². The third kappa shape index (κ3) is 7.75. The summed E-state index contributed by atoms with van der Waals surface area (Å²) in [6, 6.07) is 8.28.